The summed E-state index contributed by atoms with van der Waals surface area (Å²) in [6, 6.07) is 0. The number of hydrogen-bond donors (Lipinski definition) is 1. The van der Waals surface area contributed by atoms with E-state index in [-0.39, 0.29) is 0 Å². The van der Waals surface area contributed by atoms with Crippen molar-refractivity contribution in [2.24, 2.45) is 10.9 Å². The second-order valence-electron chi connectivity index (χ2n) is 9.30. The first-order valence-electron chi connectivity index (χ1n) is 11.9. The molecule has 1 N–H and O–H groups in total. The van der Waals surface area contributed by atoms with Crippen molar-refractivity contribution in [3.8, 4) is 0 Å². The van der Waals surface area contributed by atoms with Crippen LogP contribution in [-0.2, 0) is 4.74 Å². The predicted molar refractivity (Wildman–Crippen MR) is 123 cm³/mol. The van der Waals surface area contributed by atoms with Crippen LogP contribution in [0.2, 0.25) is 0 Å². The van der Waals surface area contributed by atoms with Crippen molar-refractivity contribution in [3.05, 3.63) is 0 Å². The molecule has 0 aromatic heterocycles. The highest BCUT2D eigenvalue weighted by Crippen LogP contribution is 2.35. The van der Waals surface area contributed by atoms with Gasteiger partial charge in [0.25, 0.3) is 0 Å². The molecule has 7 heteroatoms. The summed E-state index contributed by atoms with van der Waals surface area (Å²) >= 11 is 2.12. The maximum Gasteiger partial charge on any atom is 0.193 e. The van der Waals surface area contributed by atoms with E-state index in [0.717, 1.165) is 57.8 Å². The highest BCUT2D eigenvalue weighted by atomic mass is 32.2. The molecule has 0 amide bonds. The van der Waals surface area contributed by atoms with Crippen LogP contribution in [0, 0.1) is 5.92 Å². The van der Waals surface area contributed by atoms with Crippen LogP contribution < -0.4 is 5.32 Å². The molecule has 0 bridgehead atoms. The van der Waals surface area contributed by atoms with Gasteiger partial charge in [-0.1, -0.05) is 19.3 Å². The van der Waals surface area contributed by atoms with Crippen molar-refractivity contribution < 1.29 is 4.74 Å². The van der Waals surface area contributed by atoms with E-state index in [2.05, 4.69) is 36.8 Å². The lowest BCUT2D eigenvalue weighted by atomic mass is 9.80. The van der Waals surface area contributed by atoms with E-state index in [4.69, 9.17) is 4.74 Å². The van der Waals surface area contributed by atoms with Gasteiger partial charge in [-0.3, -0.25) is 14.8 Å². The number of likely N-dealkylation sites (tertiary alicyclic amines) is 1. The van der Waals surface area contributed by atoms with Crippen molar-refractivity contribution in [1.29, 1.82) is 0 Å². The van der Waals surface area contributed by atoms with Gasteiger partial charge in [-0.15, -0.1) is 0 Å². The molecule has 3 saturated heterocycles. The first-order valence-corrected chi connectivity index (χ1v) is 13.0. The molecule has 1 unspecified atom stereocenters. The molecule has 166 valence electrons. The maximum absolute atomic E-state index is 5.50. The number of hydrogen-bond acceptors (Lipinski definition) is 5. The summed E-state index contributed by atoms with van der Waals surface area (Å²) in [4.78, 5) is 12.6. The van der Waals surface area contributed by atoms with Crippen LogP contribution in [0.1, 0.15) is 38.5 Å². The molecule has 1 atom stereocenters. The Balaban J connectivity index is 1.31. The van der Waals surface area contributed by atoms with Gasteiger partial charge in [0.15, 0.2) is 5.96 Å². The Morgan fingerprint density at radius 2 is 1.83 bits per heavy atom. The topological polar surface area (TPSA) is 43.3 Å². The average molecular weight is 424 g/mol. The summed E-state index contributed by atoms with van der Waals surface area (Å²) in [7, 11) is 1.96. The second-order valence-corrected chi connectivity index (χ2v) is 10.5. The molecule has 0 spiro atoms. The summed E-state index contributed by atoms with van der Waals surface area (Å²) < 4.78 is 5.50. The first kappa shape index (κ1) is 21.7. The fraction of sp³-hybridized carbons (Fsp3) is 0.955. The van der Waals surface area contributed by atoms with E-state index < -0.39 is 0 Å². The van der Waals surface area contributed by atoms with Gasteiger partial charge in [0.2, 0.25) is 0 Å². The molecule has 0 aromatic rings. The number of guanidine groups is 1. The molecule has 29 heavy (non-hydrogen) atoms. The standard InChI is InChI=1S/C22H41N5OS/c1-23-21(26-8-5-20(18-26)17-25-9-13-28-14-10-25)24-19-22(6-3-2-4-7-22)27-11-15-29-16-12-27/h20H,2-19H2,1H3,(H,23,24). The Morgan fingerprint density at radius 3 is 2.55 bits per heavy atom. The largest absolute Gasteiger partial charge is 0.379 e. The van der Waals surface area contributed by atoms with Crippen molar-refractivity contribution in [1.82, 2.24) is 20.0 Å². The molecule has 6 nitrogen and oxygen atoms in total. The van der Waals surface area contributed by atoms with Crippen LogP contribution in [0.25, 0.3) is 0 Å². The zero-order chi connectivity index (χ0) is 19.9. The zero-order valence-electron chi connectivity index (χ0n) is 18.4. The Bertz CT molecular complexity index is 527. The van der Waals surface area contributed by atoms with E-state index in [9.17, 15) is 0 Å². The van der Waals surface area contributed by atoms with Gasteiger partial charge < -0.3 is 15.0 Å². The zero-order valence-corrected chi connectivity index (χ0v) is 19.2. The van der Waals surface area contributed by atoms with Gasteiger partial charge >= 0.3 is 0 Å². The average Bonchev–Trinajstić information content (AvgIpc) is 3.24. The number of thioether (sulfide) groups is 1. The molecule has 4 rings (SSSR count). The van der Waals surface area contributed by atoms with Crippen molar-refractivity contribution in [2.75, 3.05) is 84.1 Å². The smallest absolute Gasteiger partial charge is 0.193 e. The lowest BCUT2D eigenvalue weighted by Gasteiger charge is -2.48. The number of aliphatic imine (C=N–C) groups is 1. The molecule has 3 heterocycles. The molecule has 4 aliphatic rings. The molecular formula is C22H41N5OS. The van der Waals surface area contributed by atoms with Gasteiger partial charge in [0.05, 0.1) is 13.2 Å². The predicted octanol–water partition coefficient (Wildman–Crippen LogP) is 1.97. The Kier molecular flexibility index (Phi) is 8.01. The first-order chi connectivity index (χ1) is 14.3. The van der Waals surface area contributed by atoms with Crippen molar-refractivity contribution in [2.45, 2.75) is 44.1 Å². The Morgan fingerprint density at radius 1 is 1.07 bits per heavy atom. The summed E-state index contributed by atoms with van der Waals surface area (Å²) in [5.74, 6) is 4.48. The van der Waals surface area contributed by atoms with Crippen molar-refractivity contribution in [3.63, 3.8) is 0 Å². The van der Waals surface area contributed by atoms with Gasteiger partial charge in [0, 0.05) is 76.5 Å². The summed E-state index contributed by atoms with van der Waals surface area (Å²) in [5.41, 5.74) is 0.349. The molecule has 0 aromatic carbocycles. The third-order valence-corrected chi connectivity index (χ3v) is 8.40. The molecule has 0 radical (unpaired) electrons. The van der Waals surface area contributed by atoms with Gasteiger partial charge in [-0.05, 0) is 25.2 Å². The SMILES string of the molecule is CN=C(NCC1(N2CCSCC2)CCCCC1)N1CCC(CN2CCOCC2)C1. The molecule has 1 saturated carbocycles. The molecule has 4 fully saturated rings. The van der Waals surface area contributed by atoms with E-state index in [0.29, 0.717) is 5.54 Å². The lowest BCUT2D eigenvalue weighted by Crippen LogP contribution is -2.60. The molecule has 3 aliphatic heterocycles. The van der Waals surface area contributed by atoms with Gasteiger partial charge in [-0.25, -0.2) is 0 Å². The minimum Gasteiger partial charge on any atom is -0.379 e. The van der Waals surface area contributed by atoms with Crippen LogP contribution in [-0.4, -0.2) is 110 Å². The van der Waals surface area contributed by atoms with Crippen LogP contribution in [0.5, 0.6) is 0 Å². The van der Waals surface area contributed by atoms with Gasteiger partial charge in [-0.2, -0.15) is 11.8 Å². The summed E-state index contributed by atoms with van der Waals surface area (Å²) in [6.07, 6.45) is 8.16. The van der Waals surface area contributed by atoms with E-state index in [1.54, 1.807) is 0 Å². The fourth-order valence-corrected chi connectivity index (χ4v) is 6.65. The Hall–Kier alpha value is -0.500. The highest BCUT2D eigenvalue weighted by Gasteiger charge is 2.39. The van der Waals surface area contributed by atoms with Crippen LogP contribution in [0.4, 0.5) is 0 Å². The minimum absolute atomic E-state index is 0.349. The van der Waals surface area contributed by atoms with Crippen LogP contribution in [0.3, 0.4) is 0 Å². The molecule has 1 aliphatic carbocycles. The maximum atomic E-state index is 5.50. The second kappa shape index (κ2) is 10.7. The molecular weight excluding hydrogens is 382 g/mol. The fourth-order valence-electron chi connectivity index (χ4n) is 5.75. The van der Waals surface area contributed by atoms with E-state index >= 15 is 0 Å². The lowest BCUT2D eigenvalue weighted by molar-refractivity contribution is 0.0315. The number of nitrogens with one attached hydrogen (secondary N) is 1. The minimum atomic E-state index is 0.349. The number of morpholine rings is 1. The number of ether oxygens (including phenoxy) is 1. The van der Waals surface area contributed by atoms with Crippen LogP contribution >= 0.6 is 11.8 Å². The third-order valence-electron chi connectivity index (χ3n) is 7.46. The number of rotatable bonds is 5. The normalized spacial score (nSPS) is 29.9. The van der Waals surface area contributed by atoms with E-state index in [1.807, 2.05) is 7.05 Å². The summed E-state index contributed by atoms with van der Waals surface area (Å²) in [5, 5.41) is 3.84. The number of nitrogens with zero attached hydrogens (tertiary/aromatic N) is 4. The monoisotopic (exact) mass is 423 g/mol. The van der Waals surface area contributed by atoms with Crippen LogP contribution in [0.15, 0.2) is 4.99 Å². The summed E-state index contributed by atoms with van der Waals surface area (Å²) in [6.45, 7) is 11.1. The highest BCUT2D eigenvalue weighted by molar-refractivity contribution is 7.99. The van der Waals surface area contributed by atoms with E-state index in [1.165, 1.54) is 69.7 Å². The quantitative estimate of drug-likeness (QED) is 0.539. The van der Waals surface area contributed by atoms with Crippen molar-refractivity contribution >= 4 is 17.7 Å². The Labute approximate surface area is 181 Å². The van der Waals surface area contributed by atoms with Gasteiger partial charge in [0.1, 0.15) is 0 Å². The third kappa shape index (κ3) is 5.60.